The third-order valence-electron chi connectivity index (χ3n) is 5.65. The maximum Gasteiger partial charge on any atom is 0.325 e. The molecule has 0 bridgehead atoms. The zero-order valence-electron chi connectivity index (χ0n) is 16.6. The zero-order valence-corrected chi connectivity index (χ0v) is 16.6. The van der Waals surface area contributed by atoms with Gasteiger partial charge in [0.15, 0.2) is 0 Å². The van der Waals surface area contributed by atoms with E-state index >= 15 is 0 Å². The van der Waals surface area contributed by atoms with Gasteiger partial charge in [0, 0.05) is 25.0 Å². The summed E-state index contributed by atoms with van der Waals surface area (Å²) in [4.78, 5) is 41.0. The van der Waals surface area contributed by atoms with Crippen LogP contribution in [0.2, 0.25) is 0 Å². The number of hydrogen-bond donors (Lipinski definition) is 2. The van der Waals surface area contributed by atoms with E-state index in [0.29, 0.717) is 11.3 Å². The Morgan fingerprint density at radius 3 is 2.69 bits per heavy atom. The minimum Gasteiger partial charge on any atom is -0.374 e. The van der Waals surface area contributed by atoms with Gasteiger partial charge in [-0.05, 0) is 43.0 Å². The molecule has 0 saturated carbocycles. The number of nitrogens with zero attached hydrogens (tertiary/aromatic N) is 2. The highest BCUT2D eigenvalue weighted by Gasteiger charge is 2.49. The number of fused-ring (bicyclic) bond motifs is 1. The second kappa shape index (κ2) is 7.24. The molecule has 0 radical (unpaired) electrons. The lowest BCUT2D eigenvalue weighted by molar-refractivity contribution is -0.133. The van der Waals surface area contributed by atoms with E-state index in [-0.39, 0.29) is 6.54 Å². The summed E-state index contributed by atoms with van der Waals surface area (Å²) in [7, 11) is 2.03. The Labute approximate surface area is 169 Å². The van der Waals surface area contributed by atoms with Crippen LogP contribution in [0.3, 0.4) is 0 Å². The Morgan fingerprint density at radius 2 is 1.93 bits per heavy atom. The Hall–Kier alpha value is -3.35. The van der Waals surface area contributed by atoms with Crippen LogP contribution >= 0.6 is 0 Å². The fraction of sp³-hybridized carbons (Fsp3) is 0.318. The van der Waals surface area contributed by atoms with Crippen molar-refractivity contribution >= 4 is 29.2 Å². The molecule has 2 aromatic carbocycles. The number of amides is 4. The molecule has 4 amide bonds. The Morgan fingerprint density at radius 1 is 1.17 bits per heavy atom. The molecule has 2 N–H and O–H groups in total. The summed E-state index contributed by atoms with van der Waals surface area (Å²) in [5, 5.41) is 5.52. The van der Waals surface area contributed by atoms with E-state index in [1.165, 1.54) is 5.56 Å². The van der Waals surface area contributed by atoms with E-state index in [2.05, 4.69) is 15.5 Å². The molecule has 2 aromatic rings. The van der Waals surface area contributed by atoms with Gasteiger partial charge in [0.1, 0.15) is 12.1 Å². The lowest BCUT2D eigenvalue weighted by Gasteiger charge is -2.28. The summed E-state index contributed by atoms with van der Waals surface area (Å²) in [6.07, 6.45) is 2.13. The minimum absolute atomic E-state index is 0.333. The number of nitrogens with one attached hydrogen (secondary N) is 2. The van der Waals surface area contributed by atoms with Crippen LogP contribution in [0, 0.1) is 0 Å². The number of anilines is 2. The van der Waals surface area contributed by atoms with Crippen molar-refractivity contribution in [3.63, 3.8) is 0 Å². The first kappa shape index (κ1) is 19.0. The van der Waals surface area contributed by atoms with Crippen LogP contribution in [-0.4, -0.2) is 42.9 Å². The predicted molar refractivity (Wildman–Crippen MR) is 111 cm³/mol. The zero-order chi connectivity index (χ0) is 20.6. The van der Waals surface area contributed by atoms with Gasteiger partial charge in [0.2, 0.25) is 5.91 Å². The van der Waals surface area contributed by atoms with Crippen molar-refractivity contribution in [1.29, 1.82) is 0 Å². The predicted octanol–water partition coefficient (Wildman–Crippen LogP) is 2.47. The molecule has 7 heteroatoms. The molecule has 0 unspecified atom stereocenters. The van der Waals surface area contributed by atoms with Crippen molar-refractivity contribution in [2.24, 2.45) is 0 Å². The van der Waals surface area contributed by atoms with Gasteiger partial charge in [0.05, 0.1) is 0 Å². The number of carbonyl (C=O) groups is 3. The fourth-order valence-electron chi connectivity index (χ4n) is 3.99. The van der Waals surface area contributed by atoms with Crippen molar-refractivity contribution < 1.29 is 14.4 Å². The summed E-state index contributed by atoms with van der Waals surface area (Å²) < 4.78 is 0. The topological polar surface area (TPSA) is 81.8 Å². The summed E-state index contributed by atoms with van der Waals surface area (Å²) in [6.45, 7) is 2.30. The molecule has 2 aliphatic heterocycles. The fourth-order valence-corrected chi connectivity index (χ4v) is 3.99. The molecule has 4 rings (SSSR count). The number of aryl methyl sites for hydroxylation is 1. The van der Waals surface area contributed by atoms with Crippen LogP contribution in [0.4, 0.5) is 16.2 Å². The monoisotopic (exact) mass is 392 g/mol. The molecular weight excluding hydrogens is 368 g/mol. The standard InChI is InChI=1S/C22H24N4O3/c1-22(16-8-4-3-5-9-16)20(28)26(21(29)24-22)14-19(27)23-17-11-10-15-7-6-12-25(2)18(15)13-17/h3-5,8-11,13H,6-7,12,14H2,1-2H3,(H,23,27)(H,24,29)/t22-/m1/s1. The van der Waals surface area contributed by atoms with E-state index < -0.39 is 23.4 Å². The highest BCUT2D eigenvalue weighted by molar-refractivity contribution is 6.10. The van der Waals surface area contributed by atoms with Crippen molar-refractivity contribution in [3.05, 3.63) is 59.7 Å². The van der Waals surface area contributed by atoms with Crippen LogP contribution in [0.5, 0.6) is 0 Å². The lowest BCUT2D eigenvalue weighted by Crippen LogP contribution is -2.42. The SMILES string of the molecule is CN1CCCc2ccc(NC(=O)CN3C(=O)N[C@](C)(c4ccccc4)C3=O)cc21. The van der Waals surface area contributed by atoms with Gasteiger partial charge in [-0.1, -0.05) is 36.4 Å². The maximum atomic E-state index is 12.9. The number of urea groups is 1. The largest absolute Gasteiger partial charge is 0.374 e. The van der Waals surface area contributed by atoms with Gasteiger partial charge in [-0.25, -0.2) is 4.79 Å². The summed E-state index contributed by atoms with van der Waals surface area (Å²) in [6, 6.07) is 14.3. The average Bonchev–Trinajstić information content (AvgIpc) is 2.93. The highest BCUT2D eigenvalue weighted by Crippen LogP contribution is 2.30. The van der Waals surface area contributed by atoms with Crippen molar-refractivity contribution in [1.82, 2.24) is 10.2 Å². The third-order valence-corrected chi connectivity index (χ3v) is 5.65. The van der Waals surface area contributed by atoms with Crippen LogP contribution in [0.15, 0.2) is 48.5 Å². The van der Waals surface area contributed by atoms with Gasteiger partial charge in [-0.3, -0.25) is 14.5 Å². The van der Waals surface area contributed by atoms with Crippen molar-refractivity contribution in [3.8, 4) is 0 Å². The van der Waals surface area contributed by atoms with Crippen molar-refractivity contribution in [2.75, 3.05) is 30.4 Å². The van der Waals surface area contributed by atoms with E-state index in [9.17, 15) is 14.4 Å². The first-order chi connectivity index (χ1) is 13.9. The molecule has 150 valence electrons. The molecule has 1 saturated heterocycles. The molecule has 1 atom stereocenters. The van der Waals surface area contributed by atoms with Gasteiger partial charge in [-0.15, -0.1) is 0 Å². The summed E-state index contributed by atoms with van der Waals surface area (Å²) >= 11 is 0. The van der Waals surface area contributed by atoms with Crippen LogP contribution in [0.1, 0.15) is 24.5 Å². The lowest BCUT2D eigenvalue weighted by atomic mass is 9.92. The molecule has 7 nitrogen and oxygen atoms in total. The second-order valence-corrected chi connectivity index (χ2v) is 7.73. The quantitative estimate of drug-likeness (QED) is 0.784. The average molecular weight is 392 g/mol. The second-order valence-electron chi connectivity index (χ2n) is 7.73. The smallest absolute Gasteiger partial charge is 0.325 e. The first-order valence-electron chi connectivity index (χ1n) is 9.72. The molecule has 0 aromatic heterocycles. The van der Waals surface area contributed by atoms with Gasteiger partial charge < -0.3 is 15.5 Å². The van der Waals surface area contributed by atoms with Crippen LogP contribution in [-0.2, 0) is 21.5 Å². The van der Waals surface area contributed by atoms with E-state index in [1.54, 1.807) is 19.1 Å². The number of rotatable bonds is 4. The van der Waals surface area contributed by atoms with Crippen LogP contribution in [0.25, 0.3) is 0 Å². The van der Waals surface area contributed by atoms with E-state index in [0.717, 1.165) is 30.0 Å². The minimum atomic E-state index is -1.17. The number of hydrogen-bond acceptors (Lipinski definition) is 4. The Balaban J connectivity index is 1.47. The normalized spacial score (nSPS) is 21.0. The molecular formula is C22H24N4O3. The van der Waals surface area contributed by atoms with Gasteiger partial charge in [-0.2, -0.15) is 0 Å². The Bertz CT molecular complexity index is 975. The molecule has 0 spiro atoms. The molecule has 29 heavy (non-hydrogen) atoms. The maximum absolute atomic E-state index is 12.9. The summed E-state index contributed by atoms with van der Waals surface area (Å²) in [5.41, 5.74) is 2.51. The van der Waals surface area contributed by atoms with E-state index in [4.69, 9.17) is 0 Å². The molecule has 2 aliphatic rings. The third kappa shape index (κ3) is 3.44. The molecule has 0 aliphatic carbocycles. The number of imide groups is 1. The van der Waals surface area contributed by atoms with Crippen molar-refractivity contribution in [2.45, 2.75) is 25.3 Å². The van der Waals surface area contributed by atoms with Gasteiger partial charge >= 0.3 is 6.03 Å². The highest BCUT2D eigenvalue weighted by atomic mass is 16.2. The summed E-state index contributed by atoms with van der Waals surface area (Å²) in [5.74, 6) is -0.849. The number of benzene rings is 2. The van der Waals surface area contributed by atoms with Gasteiger partial charge in [0.25, 0.3) is 5.91 Å². The Kier molecular flexibility index (Phi) is 4.74. The number of carbonyl (C=O) groups excluding carboxylic acids is 3. The van der Waals surface area contributed by atoms with E-state index in [1.807, 2.05) is 43.4 Å². The first-order valence-corrected chi connectivity index (χ1v) is 9.72. The van der Waals surface area contributed by atoms with Crippen LogP contribution < -0.4 is 15.5 Å². The molecule has 2 heterocycles. The molecule has 1 fully saturated rings.